The minimum absolute atomic E-state index is 0.907. The van der Waals surface area contributed by atoms with Gasteiger partial charge < -0.3 is 0 Å². The summed E-state index contributed by atoms with van der Waals surface area (Å²) in [6.45, 7) is 0. The van der Waals surface area contributed by atoms with Crippen molar-refractivity contribution in [2.75, 3.05) is 0 Å². The third-order valence-corrected chi connectivity index (χ3v) is 1.07. The minimum atomic E-state index is 0.907. The van der Waals surface area contributed by atoms with E-state index in [0.29, 0.717) is 0 Å². The second-order valence-corrected chi connectivity index (χ2v) is 1.63. The van der Waals surface area contributed by atoms with Crippen LogP contribution in [0.2, 0.25) is 0 Å². The van der Waals surface area contributed by atoms with Gasteiger partial charge in [-0.05, 0) is 0 Å². The van der Waals surface area contributed by atoms with E-state index in [1.54, 1.807) is 23.1 Å². The largest absolute Gasteiger partial charge is 0.277 e. The topological polar surface area (TPSA) is 43.1 Å². The van der Waals surface area contributed by atoms with E-state index in [4.69, 9.17) is 0 Å². The zero-order valence-corrected chi connectivity index (χ0v) is 4.52. The molecular formula is C5H3N4. The fraction of sp³-hybridized carbons (Fsp3) is 0. The fourth-order valence-corrected chi connectivity index (χ4v) is 0.646. The number of hydrogen-bond donors (Lipinski definition) is 0. The van der Waals surface area contributed by atoms with Gasteiger partial charge in [-0.25, -0.2) is 4.98 Å². The zero-order valence-electron chi connectivity index (χ0n) is 4.52. The Bertz CT molecular complexity index is 283. The van der Waals surface area contributed by atoms with Crippen LogP contribution in [0.3, 0.4) is 0 Å². The third-order valence-electron chi connectivity index (χ3n) is 1.07. The molecule has 0 aromatic carbocycles. The molecule has 0 aliphatic carbocycles. The minimum Gasteiger partial charge on any atom is -0.277 e. The molecule has 43 valence electrons. The second kappa shape index (κ2) is 1.51. The molecule has 2 aromatic heterocycles. The molecule has 0 N–H and O–H groups in total. The molecule has 0 fully saturated rings. The average molecular weight is 119 g/mol. The van der Waals surface area contributed by atoms with Gasteiger partial charge in [-0.15, -0.1) is 5.10 Å². The maximum Gasteiger partial charge on any atom is 0.206 e. The summed E-state index contributed by atoms with van der Waals surface area (Å²) in [5.74, 6) is 0. The first kappa shape index (κ1) is 4.43. The van der Waals surface area contributed by atoms with Crippen LogP contribution in [0.4, 0.5) is 0 Å². The lowest BCUT2D eigenvalue weighted by molar-refractivity contribution is 0.932. The van der Waals surface area contributed by atoms with Crippen LogP contribution in [-0.2, 0) is 0 Å². The Balaban J connectivity index is 2.95. The molecule has 1 radical (unpaired) electrons. The van der Waals surface area contributed by atoms with E-state index in [2.05, 4.69) is 21.5 Å². The molecular weight excluding hydrogens is 116 g/mol. The number of rotatable bonds is 0. The number of imidazole rings is 1. The van der Waals surface area contributed by atoms with Crippen LogP contribution in [0.5, 0.6) is 0 Å². The van der Waals surface area contributed by atoms with Crippen molar-refractivity contribution < 1.29 is 0 Å². The van der Waals surface area contributed by atoms with Gasteiger partial charge in [0.1, 0.15) is 6.33 Å². The predicted octanol–water partition coefficient (Wildman–Crippen LogP) is -0.0755. The molecule has 0 aliphatic rings. The molecule has 4 heteroatoms. The molecule has 4 nitrogen and oxygen atoms in total. The van der Waals surface area contributed by atoms with Crippen LogP contribution in [0, 0.1) is 6.33 Å². The Morgan fingerprint density at radius 2 is 2.44 bits per heavy atom. The second-order valence-electron chi connectivity index (χ2n) is 1.63. The average Bonchev–Trinajstić information content (AvgIpc) is 2.33. The third kappa shape index (κ3) is 0.561. The quantitative estimate of drug-likeness (QED) is 0.487. The predicted molar refractivity (Wildman–Crippen MR) is 29.6 cm³/mol. The van der Waals surface area contributed by atoms with Gasteiger partial charge in [0.15, 0.2) is 0 Å². The molecule has 2 aromatic rings. The van der Waals surface area contributed by atoms with E-state index in [0.717, 1.165) is 5.52 Å². The fourth-order valence-electron chi connectivity index (χ4n) is 0.646. The molecule has 0 aliphatic heterocycles. The summed E-state index contributed by atoms with van der Waals surface area (Å²) in [6.07, 6.45) is 7.58. The summed E-state index contributed by atoms with van der Waals surface area (Å²) >= 11 is 0. The molecule has 9 heavy (non-hydrogen) atoms. The van der Waals surface area contributed by atoms with E-state index in [1.807, 2.05) is 0 Å². The first-order chi connectivity index (χ1) is 4.47. The van der Waals surface area contributed by atoms with E-state index < -0.39 is 0 Å². The smallest absolute Gasteiger partial charge is 0.206 e. The lowest BCUT2D eigenvalue weighted by atomic mass is 10.6. The molecule has 0 atom stereocenters. The van der Waals surface area contributed by atoms with E-state index in [9.17, 15) is 0 Å². The Morgan fingerprint density at radius 1 is 1.44 bits per heavy atom. The van der Waals surface area contributed by atoms with Crippen LogP contribution >= 0.6 is 0 Å². The van der Waals surface area contributed by atoms with Crippen molar-refractivity contribution in [2.24, 2.45) is 0 Å². The van der Waals surface area contributed by atoms with Crippen LogP contribution in [0.25, 0.3) is 5.52 Å². The highest BCUT2D eigenvalue weighted by Gasteiger charge is 1.88. The summed E-state index contributed by atoms with van der Waals surface area (Å²) in [5.41, 5.74) is 0.907. The molecule has 0 unspecified atom stereocenters. The Morgan fingerprint density at radius 3 is 3.33 bits per heavy atom. The van der Waals surface area contributed by atoms with Gasteiger partial charge in [-0.2, -0.15) is 5.10 Å². The van der Waals surface area contributed by atoms with Crippen molar-refractivity contribution in [1.29, 1.82) is 0 Å². The summed E-state index contributed by atoms with van der Waals surface area (Å²) in [4.78, 5) is 3.85. The Hall–Kier alpha value is -1.45. The van der Waals surface area contributed by atoms with Crippen LogP contribution in [-0.4, -0.2) is 19.6 Å². The maximum atomic E-state index is 3.85. The van der Waals surface area contributed by atoms with Crippen molar-refractivity contribution in [1.82, 2.24) is 19.6 Å². The molecule has 0 saturated carbocycles. The number of aromatic nitrogens is 4. The summed E-state index contributed by atoms with van der Waals surface area (Å²) in [5, 5.41) is 7.15. The van der Waals surface area contributed by atoms with Gasteiger partial charge in [-0.3, -0.25) is 4.40 Å². The molecule has 0 spiro atoms. The van der Waals surface area contributed by atoms with Gasteiger partial charge in [0, 0.05) is 0 Å². The molecule has 2 heterocycles. The van der Waals surface area contributed by atoms with Gasteiger partial charge in [0.2, 0.25) is 6.33 Å². The number of nitrogens with zero attached hydrogens (tertiary/aromatic N) is 4. The SMILES string of the molecule is [c]1nncc2cncn12. The highest BCUT2D eigenvalue weighted by molar-refractivity contribution is 5.39. The van der Waals surface area contributed by atoms with Gasteiger partial charge in [0.05, 0.1) is 17.9 Å². The van der Waals surface area contributed by atoms with Crippen molar-refractivity contribution >= 4 is 5.52 Å². The van der Waals surface area contributed by atoms with Crippen LogP contribution in [0.1, 0.15) is 0 Å². The van der Waals surface area contributed by atoms with Crippen molar-refractivity contribution in [3.8, 4) is 0 Å². The highest BCUT2D eigenvalue weighted by atomic mass is 15.2. The lowest BCUT2D eigenvalue weighted by Gasteiger charge is -1.83. The molecule has 0 saturated heterocycles. The van der Waals surface area contributed by atoms with Crippen molar-refractivity contribution in [3.63, 3.8) is 0 Å². The van der Waals surface area contributed by atoms with E-state index in [-0.39, 0.29) is 0 Å². The summed E-state index contributed by atoms with van der Waals surface area (Å²) in [7, 11) is 0. The highest BCUT2D eigenvalue weighted by Crippen LogP contribution is 1.93. The Kier molecular flexibility index (Phi) is 0.745. The van der Waals surface area contributed by atoms with Gasteiger partial charge in [-0.1, -0.05) is 0 Å². The Labute approximate surface area is 51.2 Å². The van der Waals surface area contributed by atoms with Crippen molar-refractivity contribution in [3.05, 3.63) is 25.0 Å². The first-order valence-electron chi connectivity index (χ1n) is 2.48. The molecule has 0 amide bonds. The van der Waals surface area contributed by atoms with E-state index >= 15 is 0 Å². The van der Waals surface area contributed by atoms with Gasteiger partial charge in [0.25, 0.3) is 0 Å². The normalized spacial score (nSPS) is 10.2. The lowest BCUT2D eigenvalue weighted by Crippen LogP contribution is -1.86. The number of hydrogen-bond acceptors (Lipinski definition) is 3. The molecule has 2 rings (SSSR count). The van der Waals surface area contributed by atoms with E-state index in [1.165, 1.54) is 0 Å². The monoisotopic (exact) mass is 119 g/mol. The summed E-state index contributed by atoms with van der Waals surface area (Å²) in [6, 6.07) is 0. The van der Waals surface area contributed by atoms with Gasteiger partial charge >= 0.3 is 0 Å². The number of fused-ring (bicyclic) bond motifs is 1. The molecule has 0 bridgehead atoms. The van der Waals surface area contributed by atoms with Crippen molar-refractivity contribution in [2.45, 2.75) is 0 Å². The summed E-state index contributed by atoms with van der Waals surface area (Å²) < 4.78 is 1.67. The van der Waals surface area contributed by atoms with Crippen LogP contribution < -0.4 is 0 Å². The zero-order chi connectivity index (χ0) is 6.10. The first-order valence-corrected chi connectivity index (χ1v) is 2.48. The maximum absolute atomic E-state index is 3.85. The standard InChI is InChI=1S/C5H3N4/c1-5-2-7-8-4-9(5)3-6-1/h1-3H. The van der Waals surface area contributed by atoms with Crippen LogP contribution in [0.15, 0.2) is 18.7 Å².